The Hall–Kier alpha value is -2.57. The summed E-state index contributed by atoms with van der Waals surface area (Å²) >= 11 is 0. The van der Waals surface area contributed by atoms with Gasteiger partial charge in [-0.15, -0.1) is 0 Å². The summed E-state index contributed by atoms with van der Waals surface area (Å²) in [4.78, 5) is 3.43. The van der Waals surface area contributed by atoms with Crippen molar-refractivity contribution in [1.29, 1.82) is 0 Å². The first-order valence-corrected chi connectivity index (χ1v) is 8.90. The molecule has 3 N–H and O–H groups in total. The Morgan fingerprint density at radius 3 is 2.08 bits per heavy atom. The van der Waals surface area contributed by atoms with Gasteiger partial charge in [0.1, 0.15) is 5.75 Å². The van der Waals surface area contributed by atoms with E-state index in [1.54, 1.807) is 19.2 Å². The number of aromatic amines is 1. The molecule has 6 heteroatoms. The summed E-state index contributed by atoms with van der Waals surface area (Å²) < 4.78 is 28.0. The molecule has 0 saturated carbocycles. The van der Waals surface area contributed by atoms with Gasteiger partial charge in [0.05, 0.1) is 17.7 Å². The summed E-state index contributed by atoms with van der Waals surface area (Å²) in [5.41, 5.74) is 4.93. The zero-order chi connectivity index (χ0) is 17.3. The summed E-state index contributed by atoms with van der Waals surface area (Å²) in [6.45, 7) is 1.98. The minimum atomic E-state index is -3.69. The first-order valence-electron chi connectivity index (χ1n) is 7.36. The highest BCUT2D eigenvalue weighted by atomic mass is 32.2. The van der Waals surface area contributed by atoms with Crippen molar-refractivity contribution in [2.75, 3.05) is 7.11 Å². The van der Waals surface area contributed by atoms with Crippen molar-refractivity contribution in [2.24, 2.45) is 5.14 Å². The number of primary sulfonamides is 1. The zero-order valence-electron chi connectivity index (χ0n) is 13.4. The van der Waals surface area contributed by atoms with E-state index in [1.807, 2.05) is 31.2 Å². The van der Waals surface area contributed by atoms with E-state index in [0.29, 0.717) is 0 Å². The fraction of sp³-hybridized carbons (Fsp3) is 0.111. The lowest BCUT2D eigenvalue weighted by molar-refractivity contribution is 0.415. The molecule has 5 nitrogen and oxygen atoms in total. The third-order valence-corrected chi connectivity index (χ3v) is 4.75. The molecule has 24 heavy (non-hydrogen) atoms. The molecule has 1 heterocycles. The predicted molar refractivity (Wildman–Crippen MR) is 94.3 cm³/mol. The summed E-state index contributed by atoms with van der Waals surface area (Å²) in [6, 6.07) is 16.4. The molecule has 3 aromatic rings. The van der Waals surface area contributed by atoms with Gasteiger partial charge in [-0.2, -0.15) is 0 Å². The second-order valence-electron chi connectivity index (χ2n) is 5.54. The maximum Gasteiger partial charge on any atom is 0.238 e. The highest BCUT2D eigenvalue weighted by molar-refractivity contribution is 7.89. The van der Waals surface area contributed by atoms with Crippen LogP contribution in [0.2, 0.25) is 0 Å². The monoisotopic (exact) mass is 342 g/mol. The second kappa shape index (κ2) is 6.14. The quantitative estimate of drug-likeness (QED) is 0.763. The number of hydrogen-bond acceptors (Lipinski definition) is 3. The first kappa shape index (κ1) is 16.3. The molecule has 0 aliphatic heterocycles. The van der Waals surface area contributed by atoms with E-state index >= 15 is 0 Å². The van der Waals surface area contributed by atoms with Crippen molar-refractivity contribution in [2.45, 2.75) is 11.8 Å². The number of aromatic nitrogens is 1. The number of rotatable bonds is 4. The number of H-pyrrole nitrogens is 1. The van der Waals surface area contributed by atoms with Crippen LogP contribution in [0.15, 0.2) is 59.5 Å². The number of nitrogens with two attached hydrogens (primary N) is 1. The van der Waals surface area contributed by atoms with Gasteiger partial charge in [-0.3, -0.25) is 0 Å². The lowest BCUT2D eigenvalue weighted by atomic mass is 10.0. The molecule has 0 fully saturated rings. The molecule has 0 amide bonds. The molecule has 0 unspecified atom stereocenters. The first-order chi connectivity index (χ1) is 11.4. The van der Waals surface area contributed by atoms with E-state index in [2.05, 4.69) is 11.1 Å². The minimum absolute atomic E-state index is 0.0977. The lowest BCUT2D eigenvalue weighted by Crippen LogP contribution is -2.11. The Kier molecular flexibility index (Phi) is 4.17. The van der Waals surface area contributed by atoms with Crippen LogP contribution in [-0.2, 0) is 10.0 Å². The number of hydrogen-bond donors (Lipinski definition) is 2. The van der Waals surface area contributed by atoms with E-state index in [-0.39, 0.29) is 4.90 Å². The molecule has 0 aliphatic rings. The number of benzene rings is 2. The van der Waals surface area contributed by atoms with Crippen LogP contribution in [0, 0.1) is 6.92 Å². The Bertz CT molecular complexity index is 957. The maximum atomic E-state index is 11.4. The van der Waals surface area contributed by atoms with Crippen LogP contribution in [0.3, 0.4) is 0 Å². The topological polar surface area (TPSA) is 85.2 Å². The smallest absolute Gasteiger partial charge is 0.238 e. The molecule has 0 bridgehead atoms. The van der Waals surface area contributed by atoms with Crippen molar-refractivity contribution >= 4 is 10.0 Å². The molecule has 124 valence electrons. The summed E-state index contributed by atoms with van der Waals surface area (Å²) in [5.74, 6) is 0.796. The standard InChI is InChI=1S/C18H18N2O3S/c1-12-11-17(13-3-7-15(23-2)8-4-13)18(20-12)14-5-9-16(10-6-14)24(19,21)22/h3-11,20H,1-2H3,(H2,19,21,22). The maximum absolute atomic E-state index is 11.4. The summed E-state index contributed by atoms with van der Waals surface area (Å²) in [5, 5.41) is 5.15. The average molecular weight is 342 g/mol. The highest BCUT2D eigenvalue weighted by Gasteiger charge is 2.13. The number of ether oxygens (including phenoxy) is 1. The Morgan fingerprint density at radius 1 is 0.958 bits per heavy atom. The zero-order valence-corrected chi connectivity index (χ0v) is 14.2. The Morgan fingerprint density at radius 2 is 1.54 bits per heavy atom. The fourth-order valence-corrected chi connectivity index (χ4v) is 3.14. The molecule has 1 aromatic heterocycles. The van der Waals surface area contributed by atoms with Gasteiger partial charge in [-0.05, 0) is 48.4 Å². The number of nitrogens with one attached hydrogen (secondary N) is 1. The van der Waals surface area contributed by atoms with Crippen LogP contribution in [0.1, 0.15) is 5.69 Å². The van der Waals surface area contributed by atoms with E-state index in [9.17, 15) is 8.42 Å². The Balaban J connectivity index is 2.05. The molecule has 0 spiro atoms. The van der Waals surface area contributed by atoms with Crippen LogP contribution in [0.5, 0.6) is 5.75 Å². The molecule has 0 aliphatic carbocycles. The van der Waals surface area contributed by atoms with Gasteiger partial charge in [-0.25, -0.2) is 13.6 Å². The van der Waals surface area contributed by atoms with Gasteiger partial charge in [0.2, 0.25) is 10.0 Å². The van der Waals surface area contributed by atoms with E-state index in [1.165, 1.54) is 12.1 Å². The molecular weight excluding hydrogens is 324 g/mol. The third-order valence-electron chi connectivity index (χ3n) is 3.82. The number of aryl methyl sites for hydroxylation is 1. The molecule has 0 atom stereocenters. The summed E-state index contributed by atoms with van der Waals surface area (Å²) in [7, 11) is -2.06. The van der Waals surface area contributed by atoms with E-state index in [0.717, 1.165) is 33.8 Å². The van der Waals surface area contributed by atoms with Gasteiger partial charge in [-0.1, -0.05) is 24.3 Å². The molecule has 2 aromatic carbocycles. The van der Waals surface area contributed by atoms with Crippen molar-refractivity contribution in [3.05, 3.63) is 60.3 Å². The van der Waals surface area contributed by atoms with Crippen LogP contribution in [-0.4, -0.2) is 20.5 Å². The fourth-order valence-electron chi connectivity index (χ4n) is 2.63. The Labute approximate surface area is 141 Å². The van der Waals surface area contributed by atoms with Crippen molar-refractivity contribution in [3.63, 3.8) is 0 Å². The van der Waals surface area contributed by atoms with Gasteiger partial charge in [0.25, 0.3) is 0 Å². The molecular formula is C18H18N2O3S. The summed E-state index contributed by atoms with van der Waals surface area (Å²) in [6.07, 6.45) is 0. The van der Waals surface area contributed by atoms with Crippen molar-refractivity contribution < 1.29 is 13.2 Å². The van der Waals surface area contributed by atoms with E-state index in [4.69, 9.17) is 9.88 Å². The van der Waals surface area contributed by atoms with Crippen LogP contribution >= 0.6 is 0 Å². The SMILES string of the molecule is COc1ccc(-c2cc(C)[nH]c2-c2ccc(S(N)(=O)=O)cc2)cc1. The van der Waals surface area contributed by atoms with Crippen LogP contribution in [0.4, 0.5) is 0 Å². The lowest BCUT2D eigenvalue weighted by Gasteiger charge is -2.07. The molecule has 0 radical (unpaired) electrons. The van der Waals surface area contributed by atoms with Gasteiger partial charge in [0.15, 0.2) is 0 Å². The molecule has 0 saturated heterocycles. The van der Waals surface area contributed by atoms with Gasteiger partial charge in [0, 0.05) is 11.3 Å². The number of methoxy groups -OCH3 is 1. The largest absolute Gasteiger partial charge is 0.497 e. The minimum Gasteiger partial charge on any atom is -0.497 e. The normalized spacial score (nSPS) is 11.5. The van der Waals surface area contributed by atoms with Gasteiger partial charge < -0.3 is 9.72 Å². The van der Waals surface area contributed by atoms with Crippen molar-refractivity contribution in [3.8, 4) is 28.1 Å². The average Bonchev–Trinajstić information content (AvgIpc) is 2.96. The van der Waals surface area contributed by atoms with Gasteiger partial charge >= 0.3 is 0 Å². The number of sulfonamides is 1. The van der Waals surface area contributed by atoms with E-state index < -0.39 is 10.0 Å². The predicted octanol–water partition coefficient (Wildman–Crippen LogP) is 3.31. The highest BCUT2D eigenvalue weighted by Crippen LogP contribution is 2.33. The third kappa shape index (κ3) is 3.20. The van der Waals surface area contributed by atoms with Crippen molar-refractivity contribution in [1.82, 2.24) is 4.98 Å². The molecule has 3 rings (SSSR count). The van der Waals surface area contributed by atoms with Crippen LogP contribution < -0.4 is 9.88 Å². The van der Waals surface area contributed by atoms with Crippen LogP contribution in [0.25, 0.3) is 22.4 Å². The second-order valence-corrected chi connectivity index (χ2v) is 7.10.